The Morgan fingerprint density at radius 2 is 1.83 bits per heavy atom. The predicted molar refractivity (Wildman–Crippen MR) is 108 cm³/mol. The Morgan fingerprint density at radius 1 is 1.10 bits per heavy atom. The molecule has 162 valence electrons. The molecule has 2 fully saturated rings. The van der Waals surface area contributed by atoms with Crippen LogP contribution in [0.2, 0.25) is 5.02 Å². The Labute approximate surface area is 179 Å². The summed E-state index contributed by atoms with van der Waals surface area (Å²) in [5, 5.41) is 41.7. The molecular formula is C22H25ClO7. The Balaban J connectivity index is 1.66. The molecule has 0 aromatic heterocycles. The second kappa shape index (κ2) is 8.09. The van der Waals surface area contributed by atoms with Crippen molar-refractivity contribution in [2.45, 2.75) is 43.0 Å². The van der Waals surface area contributed by atoms with Crippen LogP contribution in [0.1, 0.15) is 23.6 Å². The van der Waals surface area contributed by atoms with Crippen LogP contribution in [0, 0.1) is 0 Å². The third kappa shape index (κ3) is 3.40. The lowest BCUT2D eigenvalue weighted by molar-refractivity contribution is -0.329. The van der Waals surface area contributed by atoms with Gasteiger partial charge in [0.05, 0.1) is 19.8 Å². The van der Waals surface area contributed by atoms with Crippen LogP contribution in [0.5, 0.6) is 5.75 Å². The fourth-order valence-electron chi connectivity index (χ4n) is 4.09. The first-order valence-electron chi connectivity index (χ1n) is 9.85. The highest BCUT2D eigenvalue weighted by Crippen LogP contribution is 2.49. The van der Waals surface area contributed by atoms with E-state index in [1.165, 1.54) is 0 Å². The number of rotatable bonds is 6. The minimum Gasteiger partial charge on any atom is -0.494 e. The van der Waals surface area contributed by atoms with Crippen LogP contribution < -0.4 is 4.74 Å². The first kappa shape index (κ1) is 21.5. The van der Waals surface area contributed by atoms with Crippen molar-refractivity contribution in [3.63, 3.8) is 0 Å². The average Bonchev–Trinajstić information content (AvgIpc) is 3.14. The van der Waals surface area contributed by atoms with Crippen molar-refractivity contribution in [1.82, 2.24) is 0 Å². The summed E-state index contributed by atoms with van der Waals surface area (Å²) in [4.78, 5) is 0. The number of hydrogen-bond acceptors (Lipinski definition) is 7. The monoisotopic (exact) mass is 436 g/mol. The van der Waals surface area contributed by atoms with Gasteiger partial charge in [0.1, 0.15) is 29.7 Å². The lowest BCUT2D eigenvalue weighted by atomic mass is 9.83. The van der Waals surface area contributed by atoms with Gasteiger partial charge < -0.3 is 34.6 Å². The van der Waals surface area contributed by atoms with Crippen molar-refractivity contribution < 1.29 is 34.6 Å². The van der Waals surface area contributed by atoms with E-state index >= 15 is 0 Å². The molecule has 0 amide bonds. The number of fused-ring (bicyclic) bond motifs is 2. The van der Waals surface area contributed by atoms with Crippen molar-refractivity contribution in [2.24, 2.45) is 0 Å². The van der Waals surface area contributed by atoms with E-state index in [1.807, 2.05) is 31.2 Å². The van der Waals surface area contributed by atoms with E-state index in [1.54, 1.807) is 18.2 Å². The van der Waals surface area contributed by atoms with Gasteiger partial charge in [0.25, 0.3) is 0 Å². The maximum atomic E-state index is 10.7. The summed E-state index contributed by atoms with van der Waals surface area (Å²) >= 11 is 6.41. The van der Waals surface area contributed by atoms with Gasteiger partial charge in [-0.05, 0) is 48.7 Å². The molecule has 2 aromatic carbocycles. The van der Waals surface area contributed by atoms with Crippen molar-refractivity contribution in [2.75, 3.05) is 19.8 Å². The van der Waals surface area contributed by atoms with Crippen LogP contribution in [0.3, 0.4) is 0 Å². The summed E-state index contributed by atoms with van der Waals surface area (Å²) in [6.45, 7) is 1.78. The van der Waals surface area contributed by atoms with Crippen LogP contribution >= 0.6 is 11.6 Å². The largest absolute Gasteiger partial charge is 0.494 e. The molecule has 0 radical (unpaired) electrons. The van der Waals surface area contributed by atoms with E-state index in [9.17, 15) is 20.4 Å². The minimum absolute atomic E-state index is 0.171. The molecule has 2 aliphatic rings. The summed E-state index contributed by atoms with van der Waals surface area (Å²) < 4.78 is 17.1. The second-order valence-corrected chi connectivity index (χ2v) is 8.13. The lowest BCUT2D eigenvalue weighted by Gasteiger charge is -2.46. The fourth-order valence-corrected chi connectivity index (χ4v) is 4.28. The molecule has 30 heavy (non-hydrogen) atoms. The van der Waals surface area contributed by atoms with Crippen molar-refractivity contribution in [3.8, 4) is 5.75 Å². The van der Waals surface area contributed by atoms with Gasteiger partial charge in [-0.2, -0.15) is 0 Å². The molecule has 0 aliphatic carbocycles. The van der Waals surface area contributed by atoms with Crippen LogP contribution in [0.15, 0.2) is 42.5 Å². The fraction of sp³-hybridized carbons (Fsp3) is 0.455. The lowest BCUT2D eigenvalue weighted by Crippen LogP contribution is -2.65. The number of ether oxygens (including phenoxy) is 3. The van der Waals surface area contributed by atoms with Crippen LogP contribution in [0.4, 0.5) is 0 Å². The van der Waals surface area contributed by atoms with Gasteiger partial charge >= 0.3 is 0 Å². The third-order valence-electron chi connectivity index (χ3n) is 5.81. The molecule has 7 nitrogen and oxygen atoms in total. The number of aliphatic hydroxyl groups excluding tert-OH is 4. The zero-order chi connectivity index (χ0) is 21.5. The molecule has 0 saturated carbocycles. The summed E-state index contributed by atoms with van der Waals surface area (Å²) in [6, 6.07) is 12.7. The molecule has 2 aromatic rings. The molecule has 2 aliphatic heterocycles. The topological polar surface area (TPSA) is 109 Å². The van der Waals surface area contributed by atoms with Gasteiger partial charge in [-0.15, -0.1) is 0 Å². The highest BCUT2D eigenvalue weighted by Gasteiger charge is 2.67. The zero-order valence-corrected chi connectivity index (χ0v) is 17.2. The van der Waals surface area contributed by atoms with Gasteiger partial charge in [0.15, 0.2) is 0 Å². The normalized spacial score (nSPS) is 32.9. The molecule has 2 heterocycles. The van der Waals surface area contributed by atoms with E-state index in [4.69, 9.17) is 25.8 Å². The summed E-state index contributed by atoms with van der Waals surface area (Å²) in [6.07, 6.45) is -4.06. The Morgan fingerprint density at radius 3 is 2.50 bits per heavy atom. The Hall–Kier alpha value is -1.71. The summed E-state index contributed by atoms with van der Waals surface area (Å²) in [7, 11) is 0. The summed E-state index contributed by atoms with van der Waals surface area (Å²) in [5.74, 6) is -0.925. The molecule has 5 atom stereocenters. The van der Waals surface area contributed by atoms with Crippen LogP contribution in [-0.4, -0.2) is 64.2 Å². The first-order chi connectivity index (χ1) is 14.3. The van der Waals surface area contributed by atoms with Crippen LogP contribution in [-0.2, 0) is 21.7 Å². The predicted octanol–water partition coefficient (Wildman–Crippen LogP) is 1.36. The maximum absolute atomic E-state index is 10.7. The second-order valence-electron chi connectivity index (χ2n) is 7.72. The molecule has 4 rings (SSSR count). The zero-order valence-electron chi connectivity index (χ0n) is 16.5. The molecule has 0 spiro atoms. The van der Waals surface area contributed by atoms with Crippen LogP contribution in [0.25, 0.3) is 0 Å². The number of aliphatic hydroxyl groups is 4. The van der Waals surface area contributed by atoms with E-state index in [2.05, 4.69) is 0 Å². The Bertz CT molecular complexity index is 905. The maximum Gasteiger partial charge on any atom is 0.225 e. The van der Waals surface area contributed by atoms with Crippen molar-refractivity contribution in [1.29, 1.82) is 0 Å². The highest BCUT2D eigenvalue weighted by atomic mass is 35.5. The third-order valence-corrected chi connectivity index (χ3v) is 6.17. The molecule has 2 bridgehead atoms. The van der Waals surface area contributed by atoms with E-state index < -0.39 is 36.3 Å². The molecule has 8 heteroatoms. The summed E-state index contributed by atoms with van der Waals surface area (Å²) in [5.41, 5.74) is 0.719. The quantitative estimate of drug-likeness (QED) is 0.541. The Kier molecular flexibility index (Phi) is 5.80. The standard InChI is InChI=1S/C22H25ClO7/c1-2-28-16-6-3-13(4-7-16)9-14-10-15(5-8-17(14)23)22-20(27)18(25)19(26)21(11-24,30-22)12-29-22/h3-8,10,18-20,24-27H,2,9,11-12H2,1H3/t18-,19-,20+,21-,22-/m1/s1. The molecule has 0 unspecified atom stereocenters. The van der Waals surface area contributed by atoms with E-state index in [0.717, 1.165) is 16.9 Å². The number of hydrogen-bond donors (Lipinski definition) is 4. The molecule has 2 saturated heterocycles. The number of halogens is 1. The van der Waals surface area contributed by atoms with Gasteiger partial charge in [0.2, 0.25) is 5.79 Å². The van der Waals surface area contributed by atoms with Gasteiger partial charge in [-0.25, -0.2) is 0 Å². The molecule has 4 N–H and O–H groups in total. The van der Waals surface area contributed by atoms with E-state index in [0.29, 0.717) is 23.6 Å². The minimum atomic E-state index is -1.71. The van der Waals surface area contributed by atoms with Crippen molar-refractivity contribution in [3.05, 3.63) is 64.2 Å². The van der Waals surface area contributed by atoms with Gasteiger partial charge in [-0.3, -0.25) is 0 Å². The smallest absolute Gasteiger partial charge is 0.225 e. The van der Waals surface area contributed by atoms with E-state index in [-0.39, 0.29) is 6.61 Å². The highest BCUT2D eigenvalue weighted by molar-refractivity contribution is 6.31. The van der Waals surface area contributed by atoms with Crippen molar-refractivity contribution >= 4 is 11.6 Å². The first-order valence-corrected chi connectivity index (χ1v) is 10.2. The van der Waals surface area contributed by atoms with Gasteiger partial charge in [-0.1, -0.05) is 29.8 Å². The average molecular weight is 437 g/mol. The molecular weight excluding hydrogens is 412 g/mol. The number of benzene rings is 2. The SMILES string of the molecule is CCOc1ccc(Cc2cc([C@@]34OC[C@@](CO)(O3)[C@H](O)[C@@H](O)[C@@H]4O)ccc2Cl)cc1. The van der Waals surface area contributed by atoms with Gasteiger partial charge in [0, 0.05) is 10.6 Å².